The lowest BCUT2D eigenvalue weighted by molar-refractivity contribution is 0.0972. The SMILES string of the molecule is O=C(Cn1c(CCO)nc2ccccc21)c1ccc(Cl)cc1. The number of benzene rings is 2. The van der Waals surface area contributed by atoms with Gasteiger partial charge in [-0.05, 0) is 36.4 Å². The van der Waals surface area contributed by atoms with Crippen molar-refractivity contribution in [3.63, 3.8) is 0 Å². The Bertz CT molecular complexity index is 809. The van der Waals surface area contributed by atoms with E-state index in [0.29, 0.717) is 22.8 Å². The van der Waals surface area contributed by atoms with Crippen LogP contribution in [-0.4, -0.2) is 27.0 Å². The molecule has 0 aliphatic carbocycles. The number of fused-ring (bicyclic) bond motifs is 1. The molecule has 3 aromatic rings. The Hall–Kier alpha value is -2.17. The van der Waals surface area contributed by atoms with Gasteiger partial charge < -0.3 is 9.67 Å². The van der Waals surface area contributed by atoms with Crippen LogP contribution in [0.25, 0.3) is 11.0 Å². The van der Waals surface area contributed by atoms with E-state index < -0.39 is 0 Å². The molecule has 0 fully saturated rings. The van der Waals surface area contributed by atoms with Gasteiger partial charge in [-0.3, -0.25) is 4.79 Å². The van der Waals surface area contributed by atoms with Crippen LogP contribution in [0.4, 0.5) is 0 Å². The van der Waals surface area contributed by atoms with Crippen molar-refractivity contribution >= 4 is 28.4 Å². The fourth-order valence-corrected chi connectivity index (χ4v) is 2.59. The molecule has 0 saturated heterocycles. The van der Waals surface area contributed by atoms with E-state index >= 15 is 0 Å². The molecule has 0 unspecified atom stereocenters. The highest BCUT2D eigenvalue weighted by Crippen LogP contribution is 2.18. The van der Waals surface area contributed by atoms with Crippen molar-refractivity contribution in [3.8, 4) is 0 Å². The van der Waals surface area contributed by atoms with Crippen LogP contribution in [0.3, 0.4) is 0 Å². The summed E-state index contributed by atoms with van der Waals surface area (Å²) >= 11 is 5.85. The second-order valence-electron chi connectivity index (χ2n) is 5.01. The number of carbonyl (C=O) groups excluding carboxylic acids is 1. The molecular formula is C17H15ClN2O2. The van der Waals surface area contributed by atoms with Gasteiger partial charge in [-0.1, -0.05) is 23.7 Å². The first-order valence-corrected chi connectivity index (χ1v) is 7.40. The Kier molecular flexibility index (Phi) is 4.22. The maximum Gasteiger partial charge on any atom is 0.182 e. The van der Waals surface area contributed by atoms with Crippen molar-refractivity contribution in [1.29, 1.82) is 0 Å². The third kappa shape index (κ3) is 2.89. The minimum atomic E-state index is -0.0148. The van der Waals surface area contributed by atoms with E-state index in [1.807, 2.05) is 28.8 Å². The van der Waals surface area contributed by atoms with Crippen molar-refractivity contribution in [3.05, 3.63) is 64.9 Å². The van der Waals surface area contributed by atoms with Gasteiger partial charge in [0.2, 0.25) is 0 Å². The lowest BCUT2D eigenvalue weighted by Crippen LogP contribution is -2.14. The molecule has 4 nitrogen and oxygen atoms in total. The van der Waals surface area contributed by atoms with Crippen LogP contribution in [0.1, 0.15) is 16.2 Å². The van der Waals surface area contributed by atoms with Gasteiger partial charge in [0.1, 0.15) is 5.82 Å². The van der Waals surface area contributed by atoms with Gasteiger partial charge in [0.05, 0.1) is 24.2 Å². The first-order valence-electron chi connectivity index (χ1n) is 7.03. The average Bonchev–Trinajstić information content (AvgIpc) is 2.86. The third-order valence-corrected chi connectivity index (χ3v) is 3.79. The van der Waals surface area contributed by atoms with E-state index in [2.05, 4.69) is 4.98 Å². The normalized spacial score (nSPS) is 11.0. The Labute approximate surface area is 133 Å². The molecule has 0 bridgehead atoms. The number of para-hydroxylation sites is 2. The minimum Gasteiger partial charge on any atom is -0.396 e. The predicted octanol–water partition coefficient (Wildman–Crippen LogP) is 3.11. The number of hydrogen-bond donors (Lipinski definition) is 1. The van der Waals surface area contributed by atoms with E-state index in [1.165, 1.54) is 0 Å². The molecule has 22 heavy (non-hydrogen) atoms. The van der Waals surface area contributed by atoms with Crippen LogP contribution < -0.4 is 0 Å². The summed E-state index contributed by atoms with van der Waals surface area (Å²) in [4.78, 5) is 17.0. The van der Waals surface area contributed by atoms with Gasteiger partial charge in [0, 0.05) is 17.0 Å². The average molecular weight is 315 g/mol. The fourth-order valence-electron chi connectivity index (χ4n) is 2.46. The largest absolute Gasteiger partial charge is 0.396 e. The summed E-state index contributed by atoms with van der Waals surface area (Å²) in [6, 6.07) is 14.5. The lowest BCUT2D eigenvalue weighted by Gasteiger charge is -2.08. The molecule has 0 atom stereocenters. The van der Waals surface area contributed by atoms with Crippen molar-refractivity contribution in [1.82, 2.24) is 9.55 Å². The van der Waals surface area contributed by atoms with Crippen molar-refractivity contribution in [2.75, 3.05) is 6.61 Å². The highest BCUT2D eigenvalue weighted by molar-refractivity contribution is 6.30. The molecule has 1 aromatic heterocycles. The summed E-state index contributed by atoms with van der Waals surface area (Å²) in [7, 11) is 0. The smallest absolute Gasteiger partial charge is 0.182 e. The Morgan fingerprint density at radius 1 is 1.14 bits per heavy atom. The van der Waals surface area contributed by atoms with E-state index in [-0.39, 0.29) is 18.9 Å². The second kappa shape index (κ2) is 6.30. The highest BCUT2D eigenvalue weighted by atomic mass is 35.5. The van der Waals surface area contributed by atoms with Crippen LogP contribution in [0.5, 0.6) is 0 Å². The summed E-state index contributed by atoms with van der Waals surface area (Å²) in [6.07, 6.45) is 0.419. The number of Topliss-reactive ketones (excluding diaryl/α,β-unsaturated/α-hetero) is 1. The molecule has 1 N–H and O–H groups in total. The first kappa shape index (κ1) is 14.8. The van der Waals surface area contributed by atoms with E-state index in [0.717, 1.165) is 11.0 Å². The molecule has 0 aliphatic heterocycles. The van der Waals surface area contributed by atoms with E-state index in [4.69, 9.17) is 11.6 Å². The number of imidazole rings is 1. The third-order valence-electron chi connectivity index (χ3n) is 3.54. The quantitative estimate of drug-likeness (QED) is 0.736. The van der Waals surface area contributed by atoms with Gasteiger partial charge in [-0.2, -0.15) is 0 Å². The molecule has 112 valence electrons. The van der Waals surface area contributed by atoms with Crippen LogP contribution >= 0.6 is 11.6 Å². The van der Waals surface area contributed by atoms with Crippen molar-refractivity contribution in [2.24, 2.45) is 0 Å². The number of carbonyl (C=O) groups is 1. The Balaban J connectivity index is 1.96. The molecular weight excluding hydrogens is 300 g/mol. The Morgan fingerprint density at radius 3 is 2.59 bits per heavy atom. The zero-order chi connectivity index (χ0) is 15.5. The van der Waals surface area contributed by atoms with Crippen LogP contribution in [0.2, 0.25) is 5.02 Å². The summed E-state index contributed by atoms with van der Waals surface area (Å²) in [5.41, 5.74) is 2.33. The van der Waals surface area contributed by atoms with Gasteiger partial charge >= 0.3 is 0 Å². The number of aromatic nitrogens is 2. The molecule has 0 radical (unpaired) electrons. The second-order valence-corrected chi connectivity index (χ2v) is 5.44. The number of rotatable bonds is 5. The maximum absolute atomic E-state index is 12.5. The summed E-state index contributed by atoms with van der Waals surface area (Å²) < 4.78 is 1.86. The number of ketones is 1. The molecule has 2 aromatic carbocycles. The lowest BCUT2D eigenvalue weighted by atomic mass is 10.1. The summed E-state index contributed by atoms with van der Waals surface area (Å²) in [6.45, 7) is 0.190. The zero-order valence-corrected chi connectivity index (χ0v) is 12.6. The Morgan fingerprint density at radius 2 is 1.86 bits per heavy atom. The highest BCUT2D eigenvalue weighted by Gasteiger charge is 2.14. The molecule has 5 heteroatoms. The standard InChI is InChI=1S/C17H15ClN2O2/c18-13-7-5-12(6-8-13)16(22)11-20-15-4-2-1-3-14(15)19-17(20)9-10-21/h1-8,21H,9-11H2. The van der Waals surface area contributed by atoms with Gasteiger partial charge in [-0.15, -0.1) is 0 Å². The fraction of sp³-hybridized carbons (Fsp3) is 0.176. The molecule has 0 spiro atoms. The number of nitrogens with zero attached hydrogens (tertiary/aromatic N) is 2. The number of aliphatic hydroxyl groups is 1. The van der Waals surface area contributed by atoms with Crippen molar-refractivity contribution < 1.29 is 9.90 Å². The van der Waals surface area contributed by atoms with Gasteiger partial charge in [0.25, 0.3) is 0 Å². The minimum absolute atomic E-state index is 0.00153. The van der Waals surface area contributed by atoms with Crippen molar-refractivity contribution in [2.45, 2.75) is 13.0 Å². The molecule has 0 saturated carbocycles. The van der Waals surface area contributed by atoms with E-state index in [1.54, 1.807) is 24.3 Å². The number of aliphatic hydroxyl groups excluding tert-OH is 1. The molecule has 0 amide bonds. The summed E-state index contributed by atoms with van der Waals surface area (Å²) in [5, 5.41) is 9.80. The topological polar surface area (TPSA) is 55.1 Å². The maximum atomic E-state index is 12.5. The van der Waals surface area contributed by atoms with E-state index in [9.17, 15) is 9.90 Å². The van der Waals surface area contributed by atoms with Gasteiger partial charge in [-0.25, -0.2) is 4.98 Å². The van der Waals surface area contributed by atoms with Crippen LogP contribution in [-0.2, 0) is 13.0 Å². The predicted molar refractivity (Wildman–Crippen MR) is 86.3 cm³/mol. The first-order chi connectivity index (χ1) is 10.7. The molecule has 1 heterocycles. The molecule has 0 aliphatic rings. The van der Waals surface area contributed by atoms with Crippen LogP contribution in [0, 0.1) is 0 Å². The number of hydrogen-bond acceptors (Lipinski definition) is 3. The van der Waals surface area contributed by atoms with Gasteiger partial charge in [0.15, 0.2) is 5.78 Å². The summed E-state index contributed by atoms with van der Waals surface area (Å²) in [5.74, 6) is 0.699. The molecule has 3 rings (SSSR count). The monoisotopic (exact) mass is 314 g/mol. The zero-order valence-electron chi connectivity index (χ0n) is 11.9. The van der Waals surface area contributed by atoms with Crippen LogP contribution in [0.15, 0.2) is 48.5 Å². The number of halogens is 1.